The van der Waals surface area contributed by atoms with Crippen LogP contribution in [-0.2, 0) is 61.8 Å². The van der Waals surface area contributed by atoms with Crippen LogP contribution < -0.4 is 10.7 Å². The van der Waals surface area contributed by atoms with Crippen LogP contribution in [0.15, 0.2) is 28.3 Å². The lowest BCUT2D eigenvalue weighted by molar-refractivity contribution is -0.317. The molecule has 3 aliphatic heterocycles. The summed E-state index contributed by atoms with van der Waals surface area (Å²) < 4.78 is 77.9. The molecule has 26 heteroatoms. The van der Waals surface area contributed by atoms with Crippen LogP contribution in [0.2, 0.25) is 0 Å². The van der Waals surface area contributed by atoms with E-state index < -0.39 is 129 Å². The molecule has 5 heterocycles. The monoisotopic (exact) mass is 1150 g/mol. The topological polar surface area (TPSA) is 338 Å². The SMILES string of the molecule is CC[C@H]1OC(=O)[C@H](C)[C@@H](O[C@H]2C[C@@](C)(OC)[C@@H](OS(=O)(=O)CCNCCSc3cc4c(=O)c(C(=O)O)c[nH]c4cn3)[C@H](C)O2)[C@H](C)[C@@H](O[C@@H]2O[C@H](C)C[C@H](N(C)C)[C@H]2O)[C@](C)(OC)C[C@@H](C)C(=O)[C@H](C)[C@@H](O)[C@]1(C)O.O=CO. The highest BCUT2D eigenvalue weighted by Gasteiger charge is 2.55. The molecule has 24 nitrogen and oxygen atoms in total. The van der Waals surface area contributed by atoms with Gasteiger partial charge in [-0.3, -0.25) is 23.4 Å². The molecule has 0 aliphatic carbocycles. The summed E-state index contributed by atoms with van der Waals surface area (Å²) in [7, 11) is 2.35. The number of aliphatic hydroxyl groups is 3. The van der Waals surface area contributed by atoms with Gasteiger partial charge in [-0.15, -0.1) is 11.8 Å². The third-order valence-corrected chi connectivity index (χ3v) is 17.6. The lowest BCUT2D eigenvalue weighted by atomic mass is 9.74. The highest BCUT2D eigenvalue weighted by Crippen LogP contribution is 2.42. The number of ketones is 1. The molecule has 0 aromatic carbocycles. The Morgan fingerprint density at radius 1 is 0.974 bits per heavy atom. The number of aliphatic hydroxyl groups excluding tert-OH is 2. The summed E-state index contributed by atoms with van der Waals surface area (Å²) in [4.78, 5) is 70.2. The maximum Gasteiger partial charge on any atom is 0.341 e. The molecule has 3 aliphatic rings. The predicted octanol–water partition coefficient (Wildman–Crippen LogP) is 2.81. The number of pyridine rings is 2. The first kappa shape index (κ1) is 66.8. The number of carbonyl (C=O) groups is 4. The number of aromatic nitrogens is 2. The number of likely N-dealkylation sites (N-methyl/N-ethyl adjacent to an activating group) is 1. The first-order valence-electron chi connectivity index (χ1n) is 26.1. The highest BCUT2D eigenvalue weighted by atomic mass is 32.2. The van der Waals surface area contributed by atoms with Crippen molar-refractivity contribution in [2.24, 2.45) is 23.7 Å². The van der Waals surface area contributed by atoms with Crippen LogP contribution in [-0.4, -0.2) is 210 Å². The molecule has 18 atom stereocenters. The summed E-state index contributed by atoms with van der Waals surface area (Å²) in [5, 5.41) is 55.2. The first-order chi connectivity index (χ1) is 36.4. The van der Waals surface area contributed by atoms with E-state index in [1.54, 1.807) is 48.5 Å². The minimum absolute atomic E-state index is 0.0150. The number of H-pyrrole nitrogens is 1. The van der Waals surface area contributed by atoms with E-state index in [-0.39, 0.29) is 61.2 Å². The van der Waals surface area contributed by atoms with Gasteiger partial charge in [-0.25, -0.2) is 9.78 Å². The van der Waals surface area contributed by atoms with E-state index in [4.69, 9.17) is 47.2 Å². The van der Waals surface area contributed by atoms with Crippen molar-refractivity contribution in [3.05, 3.63) is 34.2 Å². The summed E-state index contributed by atoms with van der Waals surface area (Å²) in [6.07, 6.45) is -8.05. The molecule has 3 saturated heterocycles. The number of ether oxygens (including phenoxy) is 7. The Hall–Kier alpha value is -3.74. The Balaban J connectivity index is 0.00000427. The summed E-state index contributed by atoms with van der Waals surface area (Å²) in [6.45, 7) is 16.6. The number of fused-ring (bicyclic) bond motifs is 1. The van der Waals surface area contributed by atoms with Gasteiger partial charge in [0.1, 0.15) is 35.3 Å². The second kappa shape index (κ2) is 28.3. The van der Waals surface area contributed by atoms with Crippen LogP contribution in [0.1, 0.15) is 105 Å². The number of esters is 1. The van der Waals surface area contributed by atoms with Crippen molar-refractivity contribution in [2.45, 2.75) is 184 Å². The minimum Gasteiger partial charge on any atom is -0.483 e. The number of nitrogens with one attached hydrogen (secondary N) is 2. The molecule has 0 unspecified atom stereocenters. The molecule has 2 aromatic heterocycles. The van der Waals surface area contributed by atoms with Gasteiger partial charge in [0.2, 0.25) is 5.43 Å². The van der Waals surface area contributed by atoms with E-state index in [9.17, 15) is 48.0 Å². The number of hydrogen-bond donors (Lipinski definition) is 7. The largest absolute Gasteiger partial charge is 0.483 e. The number of aromatic carboxylic acids is 1. The van der Waals surface area contributed by atoms with Crippen molar-refractivity contribution in [3.63, 3.8) is 0 Å². The number of carboxylic acids is 1. The molecule has 7 N–H and O–H groups in total. The third kappa shape index (κ3) is 16.0. The lowest BCUT2D eigenvalue weighted by Gasteiger charge is -2.50. The fourth-order valence-corrected chi connectivity index (χ4v) is 12.8. The molecule has 0 amide bonds. The Morgan fingerprint density at radius 3 is 2.19 bits per heavy atom. The smallest absolute Gasteiger partial charge is 0.341 e. The molecule has 2 aromatic rings. The van der Waals surface area contributed by atoms with E-state index in [2.05, 4.69) is 15.3 Å². The average molecular weight is 1150 g/mol. The van der Waals surface area contributed by atoms with Gasteiger partial charge in [0.15, 0.2) is 12.6 Å². The van der Waals surface area contributed by atoms with E-state index in [1.807, 2.05) is 25.9 Å². The molecule has 0 bridgehead atoms. The molecular formula is C52H84N4O20S2. The molecule has 0 saturated carbocycles. The normalized spacial score (nSPS) is 36.5. The van der Waals surface area contributed by atoms with Gasteiger partial charge in [-0.2, -0.15) is 8.42 Å². The van der Waals surface area contributed by atoms with Crippen LogP contribution in [0.3, 0.4) is 0 Å². The minimum atomic E-state index is -4.22. The first-order valence-corrected chi connectivity index (χ1v) is 28.7. The van der Waals surface area contributed by atoms with E-state index in [1.165, 1.54) is 52.1 Å². The molecule has 3 fully saturated rings. The number of methoxy groups -OCH3 is 2. The second-order valence-electron chi connectivity index (χ2n) is 21.6. The number of nitrogens with zero attached hydrogens (tertiary/aromatic N) is 2. The van der Waals surface area contributed by atoms with Gasteiger partial charge in [0, 0.05) is 69.5 Å². The number of carboxylic acid groups (broad SMARTS) is 2. The summed E-state index contributed by atoms with van der Waals surface area (Å²) in [5.41, 5.74) is -5.40. The van der Waals surface area contributed by atoms with Gasteiger partial charge in [-0.05, 0) is 81.0 Å². The quantitative estimate of drug-likeness (QED) is 0.0371. The van der Waals surface area contributed by atoms with Gasteiger partial charge < -0.3 is 73.9 Å². The Morgan fingerprint density at radius 2 is 1.60 bits per heavy atom. The van der Waals surface area contributed by atoms with Crippen LogP contribution in [0.25, 0.3) is 10.9 Å². The average Bonchev–Trinajstić information content (AvgIpc) is 3.37. The second-order valence-corrected chi connectivity index (χ2v) is 24.4. The van der Waals surface area contributed by atoms with Gasteiger partial charge >= 0.3 is 11.9 Å². The number of aromatic amines is 1. The maximum atomic E-state index is 14.5. The molecule has 78 heavy (non-hydrogen) atoms. The van der Waals surface area contributed by atoms with Crippen molar-refractivity contribution < 1.29 is 90.5 Å². The lowest BCUT2D eigenvalue weighted by Crippen LogP contribution is -2.62. The Labute approximate surface area is 461 Å². The van der Waals surface area contributed by atoms with Crippen molar-refractivity contribution in [2.75, 3.05) is 52.9 Å². The van der Waals surface area contributed by atoms with Gasteiger partial charge in [-0.1, -0.05) is 27.7 Å². The summed E-state index contributed by atoms with van der Waals surface area (Å²) in [6, 6.07) is 1.15. The molecule has 0 radical (unpaired) electrons. The number of cyclic esters (lactones) is 1. The Kier molecular flexibility index (Phi) is 24.2. The number of thioether (sulfide) groups is 1. The zero-order chi connectivity index (χ0) is 58.8. The van der Waals surface area contributed by atoms with E-state index in [0.29, 0.717) is 29.3 Å². The van der Waals surface area contributed by atoms with Crippen LogP contribution in [0.4, 0.5) is 0 Å². The maximum absolute atomic E-state index is 14.5. The van der Waals surface area contributed by atoms with E-state index in [0.717, 1.165) is 6.20 Å². The standard InChI is InChI=1S/C51H82N4O18S2.CH2O2/c1-15-36-51(10,63)43(59)28(4)39(56)26(2)22-49(8,66-13)44(72-48-41(58)35(55(11)12)20-27(3)68-48)29(5)42(30(6)47(62)70-36)71-38-23-50(9,67-14)45(31(7)69-38)73-75(64,65)19-17-52-16-18-74-37-21-32-34(25-54-37)53-24-33(40(32)57)46(60)61;2-1-3/h21,24-31,35-36,38,41-45,48,52,58-59,63H,15-20,22-23H2,1-14H3,(H,53,57)(H,60,61);1H,(H,2,3)/t26-,27-,28+,29+,30-,31+,35+,36-,38+,41-,42+,43-,44-,45+,48+,49-,50-,51-;/m1./s1. The zero-order valence-corrected chi connectivity index (χ0v) is 48.8. The predicted molar refractivity (Wildman–Crippen MR) is 285 cm³/mol. The third-order valence-electron chi connectivity index (χ3n) is 15.5. The van der Waals surface area contributed by atoms with E-state index >= 15 is 0 Å². The van der Waals surface area contributed by atoms with Crippen LogP contribution >= 0.6 is 11.8 Å². The molecular weight excluding hydrogens is 1060 g/mol. The van der Waals surface area contributed by atoms with Crippen LogP contribution in [0.5, 0.6) is 0 Å². The Bertz CT molecular complexity index is 2500. The molecule has 5 rings (SSSR count). The number of rotatable bonds is 18. The van der Waals surface area contributed by atoms with Gasteiger partial charge in [0.05, 0.1) is 75.5 Å². The number of Topliss-reactive ketones (excluding diaryl/α,β-unsaturated/α-hetero) is 1. The van der Waals surface area contributed by atoms with Crippen molar-refractivity contribution in [3.8, 4) is 0 Å². The zero-order valence-electron chi connectivity index (χ0n) is 47.2. The molecule has 444 valence electrons. The number of hydrogen-bond acceptors (Lipinski definition) is 22. The van der Waals surface area contributed by atoms with Crippen molar-refractivity contribution in [1.82, 2.24) is 20.2 Å². The van der Waals surface area contributed by atoms with Crippen LogP contribution in [0, 0.1) is 23.7 Å². The summed E-state index contributed by atoms with van der Waals surface area (Å²) >= 11 is 1.29. The van der Waals surface area contributed by atoms with Crippen molar-refractivity contribution >= 4 is 57.0 Å². The summed E-state index contributed by atoms with van der Waals surface area (Å²) in [5.74, 6) is -6.38. The number of carbonyl (C=O) groups excluding carboxylic acids is 2. The fourth-order valence-electron chi connectivity index (χ4n) is 10.8. The fraction of sp³-hybridized carbons (Fsp3) is 0.769. The molecule has 0 spiro atoms. The van der Waals surface area contributed by atoms with Gasteiger partial charge in [0.25, 0.3) is 16.6 Å². The van der Waals surface area contributed by atoms with Crippen molar-refractivity contribution in [1.29, 1.82) is 0 Å². The highest BCUT2D eigenvalue weighted by molar-refractivity contribution is 7.99.